The van der Waals surface area contributed by atoms with Crippen LogP contribution in [0.3, 0.4) is 0 Å². The number of hydrogen-bond donors (Lipinski definition) is 1. The maximum absolute atomic E-state index is 12.4. The minimum atomic E-state index is -0.226. The molecule has 21 heavy (non-hydrogen) atoms. The highest BCUT2D eigenvalue weighted by Gasteiger charge is 2.14. The van der Waals surface area contributed by atoms with Crippen molar-refractivity contribution in [3.63, 3.8) is 0 Å². The number of carbonyl (C=O) groups is 1. The second kappa shape index (κ2) is 6.31. The number of anilines is 1. The highest BCUT2D eigenvalue weighted by molar-refractivity contribution is 6.06. The first-order valence-electron chi connectivity index (χ1n) is 6.65. The van der Waals surface area contributed by atoms with Crippen LogP contribution in [0.15, 0.2) is 36.4 Å². The van der Waals surface area contributed by atoms with E-state index in [0.717, 1.165) is 16.8 Å². The number of aryl methyl sites for hydroxylation is 2. The lowest BCUT2D eigenvalue weighted by molar-refractivity contribution is 0.102. The largest absolute Gasteiger partial charge is 0.497 e. The Labute approximate surface area is 124 Å². The van der Waals surface area contributed by atoms with E-state index < -0.39 is 0 Å². The average molecular weight is 285 g/mol. The van der Waals surface area contributed by atoms with Gasteiger partial charge in [0.05, 0.1) is 19.8 Å². The third-order valence-corrected chi connectivity index (χ3v) is 3.13. The molecule has 1 amide bonds. The van der Waals surface area contributed by atoms with Crippen molar-refractivity contribution in [1.29, 1.82) is 0 Å². The first kappa shape index (κ1) is 14.9. The van der Waals surface area contributed by atoms with Crippen LogP contribution >= 0.6 is 0 Å². The maximum atomic E-state index is 12.4. The summed E-state index contributed by atoms with van der Waals surface area (Å²) in [5.41, 5.74) is 3.41. The lowest BCUT2D eigenvalue weighted by atomic mass is 10.1. The zero-order valence-electron chi connectivity index (χ0n) is 12.7. The van der Waals surface area contributed by atoms with Crippen LogP contribution in [0.4, 0.5) is 5.69 Å². The predicted molar refractivity (Wildman–Crippen MR) is 83.4 cm³/mol. The molecule has 1 N–H and O–H groups in total. The van der Waals surface area contributed by atoms with Crippen molar-refractivity contribution in [1.82, 2.24) is 0 Å². The SMILES string of the molecule is COc1ccc(OC)c(C(=O)Nc2cc(C)cc(C)c2)c1. The van der Waals surface area contributed by atoms with Gasteiger partial charge in [0.15, 0.2) is 0 Å². The third-order valence-electron chi connectivity index (χ3n) is 3.13. The number of benzene rings is 2. The summed E-state index contributed by atoms with van der Waals surface area (Å²) in [6, 6.07) is 11.1. The Kier molecular flexibility index (Phi) is 4.48. The number of methoxy groups -OCH3 is 2. The van der Waals surface area contributed by atoms with E-state index in [1.807, 2.05) is 26.0 Å². The van der Waals surface area contributed by atoms with Crippen molar-refractivity contribution in [2.75, 3.05) is 19.5 Å². The Balaban J connectivity index is 2.31. The average Bonchev–Trinajstić information content (AvgIpc) is 2.45. The van der Waals surface area contributed by atoms with Crippen LogP contribution in [-0.4, -0.2) is 20.1 Å². The van der Waals surface area contributed by atoms with Crippen LogP contribution in [-0.2, 0) is 0 Å². The molecule has 0 aliphatic carbocycles. The van der Waals surface area contributed by atoms with Crippen LogP contribution in [0.5, 0.6) is 11.5 Å². The molecule has 0 unspecified atom stereocenters. The molecule has 2 aromatic carbocycles. The molecule has 0 spiro atoms. The van der Waals surface area contributed by atoms with Crippen LogP contribution in [0, 0.1) is 13.8 Å². The number of amides is 1. The van der Waals surface area contributed by atoms with Crippen molar-refractivity contribution < 1.29 is 14.3 Å². The molecule has 2 aromatic rings. The van der Waals surface area contributed by atoms with Gasteiger partial charge >= 0.3 is 0 Å². The molecule has 4 heteroatoms. The first-order valence-corrected chi connectivity index (χ1v) is 6.65. The van der Waals surface area contributed by atoms with E-state index in [9.17, 15) is 4.79 Å². The van der Waals surface area contributed by atoms with Gasteiger partial charge < -0.3 is 14.8 Å². The van der Waals surface area contributed by atoms with Gasteiger partial charge in [-0.1, -0.05) is 6.07 Å². The molecular weight excluding hydrogens is 266 g/mol. The summed E-state index contributed by atoms with van der Waals surface area (Å²) >= 11 is 0. The Morgan fingerprint density at radius 1 is 0.952 bits per heavy atom. The topological polar surface area (TPSA) is 47.6 Å². The number of nitrogens with one attached hydrogen (secondary N) is 1. The zero-order chi connectivity index (χ0) is 15.4. The van der Waals surface area contributed by atoms with Gasteiger partial charge in [0.25, 0.3) is 5.91 Å². The van der Waals surface area contributed by atoms with Gasteiger partial charge in [-0.3, -0.25) is 4.79 Å². The fourth-order valence-electron chi connectivity index (χ4n) is 2.24. The van der Waals surface area contributed by atoms with Gasteiger partial charge in [0, 0.05) is 5.69 Å². The van der Waals surface area contributed by atoms with Crippen LogP contribution in [0.2, 0.25) is 0 Å². The summed E-state index contributed by atoms with van der Waals surface area (Å²) in [5.74, 6) is 0.898. The standard InChI is InChI=1S/C17H19NO3/c1-11-7-12(2)9-13(8-11)18-17(19)15-10-14(20-3)5-6-16(15)21-4/h5-10H,1-4H3,(H,18,19). The lowest BCUT2D eigenvalue weighted by Gasteiger charge is -2.12. The van der Waals surface area contributed by atoms with Gasteiger partial charge in [-0.2, -0.15) is 0 Å². The fourth-order valence-corrected chi connectivity index (χ4v) is 2.24. The van der Waals surface area contributed by atoms with Gasteiger partial charge in [-0.05, 0) is 55.3 Å². The van der Waals surface area contributed by atoms with Gasteiger partial charge in [-0.15, -0.1) is 0 Å². The van der Waals surface area contributed by atoms with Gasteiger partial charge in [0.1, 0.15) is 11.5 Å². The van der Waals surface area contributed by atoms with Crippen LogP contribution < -0.4 is 14.8 Å². The summed E-state index contributed by atoms with van der Waals surface area (Å²) < 4.78 is 10.4. The van der Waals surface area contributed by atoms with Crippen LogP contribution in [0.25, 0.3) is 0 Å². The summed E-state index contributed by atoms with van der Waals surface area (Å²) in [6.45, 7) is 3.99. The van der Waals surface area contributed by atoms with E-state index in [0.29, 0.717) is 17.1 Å². The molecule has 0 radical (unpaired) electrons. The molecule has 4 nitrogen and oxygen atoms in total. The van der Waals surface area contributed by atoms with Crippen molar-refractivity contribution >= 4 is 11.6 Å². The van der Waals surface area contributed by atoms with E-state index in [4.69, 9.17) is 9.47 Å². The normalized spacial score (nSPS) is 10.1. The second-order valence-corrected chi connectivity index (χ2v) is 4.90. The predicted octanol–water partition coefficient (Wildman–Crippen LogP) is 3.57. The molecule has 2 rings (SSSR count). The zero-order valence-corrected chi connectivity index (χ0v) is 12.7. The third kappa shape index (κ3) is 3.54. The van der Waals surface area contributed by atoms with Gasteiger partial charge in [-0.25, -0.2) is 0 Å². The van der Waals surface area contributed by atoms with Crippen molar-refractivity contribution in [3.8, 4) is 11.5 Å². The molecule has 110 valence electrons. The molecule has 0 aliphatic rings. The molecule has 0 heterocycles. The lowest BCUT2D eigenvalue weighted by Crippen LogP contribution is -2.13. The van der Waals surface area contributed by atoms with Gasteiger partial charge in [0.2, 0.25) is 0 Å². The molecule has 0 saturated carbocycles. The fraction of sp³-hybridized carbons (Fsp3) is 0.235. The molecule has 0 aromatic heterocycles. The molecule has 0 atom stereocenters. The quantitative estimate of drug-likeness (QED) is 0.934. The van der Waals surface area contributed by atoms with Crippen molar-refractivity contribution in [3.05, 3.63) is 53.1 Å². The highest BCUT2D eigenvalue weighted by Crippen LogP contribution is 2.25. The van der Waals surface area contributed by atoms with E-state index in [1.54, 1.807) is 25.3 Å². The number of rotatable bonds is 4. The summed E-state index contributed by atoms with van der Waals surface area (Å²) in [4.78, 5) is 12.4. The number of carbonyl (C=O) groups excluding carboxylic acids is 1. The summed E-state index contributed by atoms with van der Waals surface area (Å²) in [7, 11) is 3.10. The maximum Gasteiger partial charge on any atom is 0.259 e. The first-order chi connectivity index (χ1) is 10.0. The molecular formula is C17H19NO3. The van der Waals surface area contributed by atoms with Crippen LogP contribution in [0.1, 0.15) is 21.5 Å². The van der Waals surface area contributed by atoms with E-state index in [2.05, 4.69) is 11.4 Å². The van der Waals surface area contributed by atoms with E-state index in [-0.39, 0.29) is 5.91 Å². The van der Waals surface area contributed by atoms with Crippen molar-refractivity contribution in [2.45, 2.75) is 13.8 Å². The minimum absolute atomic E-state index is 0.226. The summed E-state index contributed by atoms with van der Waals surface area (Å²) in [6.07, 6.45) is 0. The van der Waals surface area contributed by atoms with Crippen molar-refractivity contribution in [2.24, 2.45) is 0 Å². The minimum Gasteiger partial charge on any atom is -0.497 e. The van der Waals surface area contributed by atoms with E-state index in [1.165, 1.54) is 7.11 Å². The van der Waals surface area contributed by atoms with E-state index >= 15 is 0 Å². The number of hydrogen-bond acceptors (Lipinski definition) is 3. The smallest absolute Gasteiger partial charge is 0.259 e. The monoisotopic (exact) mass is 285 g/mol. The second-order valence-electron chi connectivity index (χ2n) is 4.90. The Morgan fingerprint density at radius 2 is 1.62 bits per heavy atom. The molecule has 0 bridgehead atoms. The Bertz CT molecular complexity index is 645. The summed E-state index contributed by atoms with van der Waals surface area (Å²) in [5, 5.41) is 2.89. The number of ether oxygens (including phenoxy) is 2. The Hall–Kier alpha value is -2.49. The Morgan fingerprint density at radius 3 is 2.19 bits per heavy atom. The highest BCUT2D eigenvalue weighted by atomic mass is 16.5. The molecule has 0 saturated heterocycles. The molecule has 0 fully saturated rings. The molecule has 0 aliphatic heterocycles.